The van der Waals surface area contributed by atoms with Gasteiger partial charge in [0.15, 0.2) is 0 Å². The topological polar surface area (TPSA) is 41.5 Å². The molecular formula is C16H18BrNO2. The van der Waals surface area contributed by atoms with Crippen LogP contribution in [0.1, 0.15) is 18.6 Å². The highest BCUT2D eigenvalue weighted by Crippen LogP contribution is 2.21. The Morgan fingerprint density at radius 3 is 2.75 bits per heavy atom. The fraction of sp³-hybridized carbons (Fsp3) is 0.250. The minimum absolute atomic E-state index is 0.450. The second kappa shape index (κ2) is 7.31. The van der Waals surface area contributed by atoms with Crippen LogP contribution in [-0.2, 0) is 0 Å². The Balaban J connectivity index is 1.96. The molecule has 3 nitrogen and oxygen atoms in total. The lowest BCUT2D eigenvalue weighted by Gasteiger charge is -2.14. The molecule has 4 heteroatoms. The molecule has 0 aromatic heterocycles. The van der Waals surface area contributed by atoms with E-state index in [2.05, 4.69) is 21.2 Å². The van der Waals surface area contributed by atoms with Crippen LogP contribution in [0.4, 0.5) is 5.69 Å². The van der Waals surface area contributed by atoms with E-state index in [0.717, 1.165) is 21.5 Å². The van der Waals surface area contributed by atoms with Gasteiger partial charge in [0, 0.05) is 22.8 Å². The standard InChI is InChI=1S/C16H18BrNO2/c1-2-20-15-8-4-7-14(10-15)18-11-16(19)12-5-3-6-13(17)9-12/h3-10,16,18-19H,2,11H2,1H3. The van der Waals surface area contributed by atoms with Gasteiger partial charge in [0.1, 0.15) is 5.75 Å². The van der Waals surface area contributed by atoms with Crippen molar-refractivity contribution < 1.29 is 9.84 Å². The average Bonchev–Trinajstić information content (AvgIpc) is 2.45. The quantitative estimate of drug-likeness (QED) is 0.838. The van der Waals surface area contributed by atoms with Gasteiger partial charge < -0.3 is 15.2 Å². The predicted octanol–water partition coefficient (Wildman–Crippen LogP) is 3.99. The molecule has 20 heavy (non-hydrogen) atoms. The van der Waals surface area contributed by atoms with Gasteiger partial charge in [-0.15, -0.1) is 0 Å². The van der Waals surface area contributed by atoms with Crippen LogP contribution in [-0.4, -0.2) is 18.3 Å². The first-order valence-corrected chi connectivity index (χ1v) is 7.38. The SMILES string of the molecule is CCOc1cccc(NCC(O)c2cccc(Br)c2)c1. The van der Waals surface area contributed by atoms with Crippen LogP contribution in [0.5, 0.6) is 5.75 Å². The number of benzene rings is 2. The first-order valence-electron chi connectivity index (χ1n) is 6.59. The highest BCUT2D eigenvalue weighted by Gasteiger charge is 2.07. The molecule has 0 amide bonds. The van der Waals surface area contributed by atoms with Gasteiger partial charge in [0.25, 0.3) is 0 Å². The molecule has 0 bridgehead atoms. The van der Waals surface area contributed by atoms with Crippen molar-refractivity contribution >= 4 is 21.6 Å². The summed E-state index contributed by atoms with van der Waals surface area (Å²) in [5.41, 5.74) is 1.82. The second-order valence-corrected chi connectivity index (χ2v) is 5.33. The van der Waals surface area contributed by atoms with Gasteiger partial charge in [-0.05, 0) is 36.8 Å². The highest BCUT2D eigenvalue weighted by molar-refractivity contribution is 9.10. The predicted molar refractivity (Wildman–Crippen MR) is 85.2 cm³/mol. The van der Waals surface area contributed by atoms with Crippen molar-refractivity contribution in [3.8, 4) is 5.75 Å². The zero-order valence-electron chi connectivity index (χ0n) is 11.3. The molecule has 0 spiro atoms. The first-order chi connectivity index (χ1) is 9.69. The summed E-state index contributed by atoms with van der Waals surface area (Å²) in [6, 6.07) is 15.4. The van der Waals surface area contributed by atoms with E-state index < -0.39 is 6.10 Å². The molecule has 2 aromatic carbocycles. The molecule has 0 saturated heterocycles. The van der Waals surface area contributed by atoms with E-state index in [9.17, 15) is 5.11 Å². The van der Waals surface area contributed by atoms with Gasteiger partial charge in [-0.2, -0.15) is 0 Å². The molecule has 0 saturated carbocycles. The summed E-state index contributed by atoms with van der Waals surface area (Å²) in [5.74, 6) is 0.828. The fourth-order valence-electron chi connectivity index (χ4n) is 1.91. The van der Waals surface area contributed by atoms with Crippen LogP contribution in [0.3, 0.4) is 0 Å². The number of ether oxygens (including phenoxy) is 1. The van der Waals surface area contributed by atoms with Crippen molar-refractivity contribution in [2.75, 3.05) is 18.5 Å². The zero-order valence-corrected chi connectivity index (χ0v) is 12.9. The lowest BCUT2D eigenvalue weighted by molar-refractivity contribution is 0.191. The van der Waals surface area contributed by atoms with Crippen molar-refractivity contribution in [2.24, 2.45) is 0 Å². The largest absolute Gasteiger partial charge is 0.494 e. The van der Waals surface area contributed by atoms with E-state index >= 15 is 0 Å². The van der Waals surface area contributed by atoms with Gasteiger partial charge >= 0.3 is 0 Å². The summed E-state index contributed by atoms with van der Waals surface area (Å²) in [4.78, 5) is 0. The summed E-state index contributed by atoms with van der Waals surface area (Å²) in [7, 11) is 0. The fourth-order valence-corrected chi connectivity index (χ4v) is 2.33. The third kappa shape index (κ3) is 4.25. The first kappa shape index (κ1) is 14.9. The Bertz CT molecular complexity index is 560. The maximum absolute atomic E-state index is 10.2. The summed E-state index contributed by atoms with van der Waals surface area (Å²) >= 11 is 3.41. The minimum Gasteiger partial charge on any atom is -0.494 e. The van der Waals surface area contributed by atoms with Gasteiger partial charge in [-0.25, -0.2) is 0 Å². The molecule has 0 radical (unpaired) electrons. The van der Waals surface area contributed by atoms with Gasteiger partial charge in [-0.3, -0.25) is 0 Å². The van der Waals surface area contributed by atoms with Crippen LogP contribution >= 0.6 is 15.9 Å². The summed E-state index contributed by atoms with van der Waals surface area (Å²) in [5, 5.41) is 13.4. The van der Waals surface area contributed by atoms with E-state index in [1.807, 2.05) is 55.5 Å². The molecule has 2 rings (SSSR count). The Labute approximate surface area is 127 Å². The van der Waals surface area contributed by atoms with Crippen molar-refractivity contribution in [2.45, 2.75) is 13.0 Å². The Kier molecular flexibility index (Phi) is 5.44. The van der Waals surface area contributed by atoms with Crippen molar-refractivity contribution in [3.63, 3.8) is 0 Å². The molecular weight excluding hydrogens is 318 g/mol. The third-order valence-corrected chi connectivity index (χ3v) is 3.37. The molecule has 0 aliphatic heterocycles. The molecule has 1 unspecified atom stereocenters. The number of hydrogen-bond donors (Lipinski definition) is 2. The Morgan fingerprint density at radius 1 is 1.20 bits per heavy atom. The monoisotopic (exact) mass is 335 g/mol. The van der Waals surface area contributed by atoms with Crippen LogP contribution in [0.25, 0.3) is 0 Å². The molecule has 0 fully saturated rings. The van der Waals surface area contributed by atoms with Gasteiger partial charge in [-0.1, -0.05) is 34.1 Å². The van der Waals surface area contributed by atoms with Crippen LogP contribution in [0, 0.1) is 0 Å². The van der Waals surface area contributed by atoms with Gasteiger partial charge in [0.2, 0.25) is 0 Å². The molecule has 106 valence electrons. The maximum Gasteiger partial charge on any atom is 0.121 e. The van der Waals surface area contributed by atoms with Crippen molar-refractivity contribution in [3.05, 3.63) is 58.6 Å². The Hall–Kier alpha value is -1.52. The number of hydrogen-bond acceptors (Lipinski definition) is 3. The summed E-state index contributed by atoms with van der Waals surface area (Å²) in [6.45, 7) is 3.05. The van der Waals surface area contributed by atoms with E-state index in [-0.39, 0.29) is 0 Å². The number of halogens is 1. The normalized spacial score (nSPS) is 11.9. The molecule has 0 heterocycles. The summed E-state index contributed by atoms with van der Waals surface area (Å²) in [6.07, 6.45) is -0.553. The lowest BCUT2D eigenvalue weighted by atomic mass is 10.1. The molecule has 2 aromatic rings. The van der Waals surface area contributed by atoms with E-state index in [1.54, 1.807) is 0 Å². The van der Waals surface area contributed by atoms with Crippen molar-refractivity contribution in [1.82, 2.24) is 0 Å². The van der Waals surface area contributed by atoms with E-state index in [4.69, 9.17) is 4.74 Å². The van der Waals surface area contributed by atoms with E-state index in [0.29, 0.717) is 13.2 Å². The van der Waals surface area contributed by atoms with Gasteiger partial charge in [0.05, 0.1) is 12.7 Å². The number of rotatable bonds is 6. The number of nitrogens with one attached hydrogen (secondary N) is 1. The molecule has 1 atom stereocenters. The third-order valence-electron chi connectivity index (χ3n) is 2.88. The van der Waals surface area contributed by atoms with Crippen LogP contribution in [0.2, 0.25) is 0 Å². The zero-order chi connectivity index (χ0) is 14.4. The molecule has 0 aliphatic rings. The lowest BCUT2D eigenvalue weighted by Crippen LogP contribution is -2.12. The Morgan fingerprint density at radius 2 is 2.00 bits per heavy atom. The average molecular weight is 336 g/mol. The van der Waals surface area contributed by atoms with Crippen molar-refractivity contribution in [1.29, 1.82) is 0 Å². The second-order valence-electron chi connectivity index (χ2n) is 4.41. The molecule has 0 aliphatic carbocycles. The highest BCUT2D eigenvalue weighted by atomic mass is 79.9. The molecule has 2 N–H and O–H groups in total. The number of aliphatic hydroxyl groups is 1. The maximum atomic E-state index is 10.2. The smallest absolute Gasteiger partial charge is 0.121 e. The van der Waals surface area contributed by atoms with E-state index in [1.165, 1.54) is 0 Å². The number of aliphatic hydroxyl groups excluding tert-OH is 1. The van der Waals surface area contributed by atoms with Crippen LogP contribution < -0.4 is 10.1 Å². The van der Waals surface area contributed by atoms with Crippen LogP contribution in [0.15, 0.2) is 53.0 Å². The summed E-state index contributed by atoms with van der Waals surface area (Å²) < 4.78 is 6.41. The minimum atomic E-state index is -0.553. The number of anilines is 1.